The van der Waals surface area contributed by atoms with Crippen molar-refractivity contribution in [3.63, 3.8) is 0 Å². The summed E-state index contributed by atoms with van der Waals surface area (Å²) >= 11 is 7.44. The second kappa shape index (κ2) is 5.55. The van der Waals surface area contributed by atoms with E-state index in [4.69, 9.17) is 17.4 Å². The molecule has 0 spiro atoms. The molecule has 0 amide bonds. The van der Waals surface area contributed by atoms with Crippen LogP contribution in [0.5, 0.6) is 0 Å². The highest BCUT2D eigenvalue weighted by atomic mass is 35.5. The maximum Gasteiger partial charge on any atom is 0.127 e. The van der Waals surface area contributed by atoms with Crippen LogP contribution in [0.25, 0.3) is 0 Å². The molecule has 1 heterocycles. The number of rotatable bonds is 4. The largest absolute Gasteiger partial charge is 0.271 e. The number of nitrogens with one attached hydrogen (secondary N) is 1. The number of halogens is 2. The Kier molecular flexibility index (Phi) is 4.06. The highest BCUT2D eigenvalue weighted by Gasteiger charge is 2.16. The number of hydrogen-bond donors (Lipinski definition) is 2. The molecule has 3 N–H and O–H groups in total. The van der Waals surface area contributed by atoms with Crippen LogP contribution in [0.3, 0.4) is 0 Å². The van der Waals surface area contributed by atoms with Gasteiger partial charge >= 0.3 is 0 Å². The average molecular weight is 272 g/mol. The van der Waals surface area contributed by atoms with Gasteiger partial charge in [0.25, 0.3) is 0 Å². The van der Waals surface area contributed by atoms with Gasteiger partial charge in [-0.2, -0.15) is 0 Å². The minimum atomic E-state index is -0.317. The molecule has 0 aliphatic heterocycles. The smallest absolute Gasteiger partial charge is 0.127 e. The van der Waals surface area contributed by atoms with Gasteiger partial charge in [0.2, 0.25) is 0 Å². The molecule has 1 unspecified atom stereocenters. The summed E-state index contributed by atoms with van der Waals surface area (Å²) in [5, 5.41) is 0.412. The van der Waals surface area contributed by atoms with Crippen molar-refractivity contribution < 1.29 is 4.39 Å². The predicted molar refractivity (Wildman–Crippen MR) is 67.3 cm³/mol. The second-order valence-electron chi connectivity index (χ2n) is 3.53. The van der Waals surface area contributed by atoms with E-state index in [1.165, 1.54) is 17.4 Å². The van der Waals surface area contributed by atoms with E-state index in [2.05, 4.69) is 10.4 Å². The summed E-state index contributed by atoms with van der Waals surface area (Å²) in [6.45, 7) is 0. The number of hydrogen-bond acceptors (Lipinski definition) is 4. The normalized spacial score (nSPS) is 12.6. The van der Waals surface area contributed by atoms with E-state index < -0.39 is 0 Å². The van der Waals surface area contributed by atoms with Crippen molar-refractivity contribution in [3.8, 4) is 0 Å². The van der Waals surface area contributed by atoms with Crippen molar-refractivity contribution in [3.05, 3.63) is 51.2 Å². The summed E-state index contributed by atoms with van der Waals surface area (Å²) in [7, 11) is 0. The second-order valence-corrected chi connectivity index (χ2v) is 4.85. The number of nitrogens with two attached hydrogens (primary N) is 1. The summed E-state index contributed by atoms with van der Waals surface area (Å²) in [6.07, 6.45) is 2.11. The first kappa shape index (κ1) is 12.4. The Balaban J connectivity index is 2.25. The van der Waals surface area contributed by atoms with Gasteiger partial charge in [0.15, 0.2) is 0 Å². The van der Waals surface area contributed by atoms with Gasteiger partial charge in [-0.25, -0.2) is 4.39 Å². The van der Waals surface area contributed by atoms with Crippen LogP contribution in [0.15, 0.2) is 29.9 Å². The molecule has 0 saturated carbocycles. The molecule has 0 radical (unpaired) electrons. The van der Waals surface area contributed by atoms with E-state index in [0.717, 1.165) is 4.88 Å². The van der Waals surface area contributed by atoms with Gasteiger partial charge in [-0.1, -0.05) is 17.7 Å². The molecule has 17 heavy (non-hydrogen) atoms. The lowest BCUT2D eigenvalue weighted by Crippen LogP contribution is -2.29. The highest BCUT2D eigenvalue weighted by Crippen LogP contribution is 2.26. The quantitative estimate of drug-likeness (QED) is 0.664. The van der Waals surface area contributed by atoms with Crippen LogP contribution in [-0.4, -0.2) is 4.98 Å². The van der Waals surface area contributed by atoms with Crippen LogP contribution < -0.4 is 11.3 Å². The van der Waals surface area contributed by atoms with E-state index in [9.17, 15) is 4.39 Å². The van der Waals surface area contributed by atoms with E-state index in [1.54, 1.807) is 23.8 Å². The van der Waals surface area contributed by atoms with Crippen LogP contribution in [0.4, 0.5) is 4.39 Å². The van der Waals surface area contributed by atoms with Gasteiger partial charge in [-0.05, 0) is 18.6 Å². The first-order chi connectivity index (χ1) is 8.22. The maximum absolute atomic E-state index is 13.6. The average Bonchev–Trinajstić information content (AvgIpc) is 2.82. The molecule has 1 atom stereocenters. The van der Waals surface area contributed by atoms with Crippen molar-refractivity contribution in [2.24, 2.45) is 5.84 Å². The molecular weight excluding hydrogens is 261 g/mol. The zero-order valence-corrected chi connectivity index (χ0v) is 10.4. The van der Waals surface area contributed by atoms with Crippen LogP contribution in [-0.2, 0) is 6.42 Å². The first-order valence-electron chi connectivity index (χ1n) is 4.99. The Morgan fingerprint density at radius 1 is 1.53 bits per heavy atom. The SMILES string of the molecule is NNC(Cc1c(F)cccc1Cl)c1cncs1. The topological polar surface area (TPSA) is 50.9 Å². The summed E-state index contributed by atoms with van der Waals surface area (Å²) in [5.41, 5.74) is 4.83. The fraction of sp³-hybridized carbons (Fsp3) is 0.182. The number of benzene rings is 1. The van der Waals surface area contributed by atoms with E-state index in [-0.39, 0.29) is 11.9 Å². The van der Waals surface area contributed by atoms with Crippen LogP contribution in [0.2, 0.25) is 5.02 Å². The van der Waals surface area contributed by atoms with Gasteiger partial charge in [0.05, 0.1) is 11.6 Å². The van der Waals surface area contributed by atoms with Crippen LogP contribution >= 0.6 is 22.9 Å². The Morgan fingerprint density at radius 3 is 2.94 bits per heavy atom. The Hall–Kier alpha value is -1.01. The summed E-state index contributed by atoms with van der Waals surface area (Å²) in [4.78, 5) is 4.92. The lowest BCUT2D eigenvalue weighted by atomic mass is 10.0. The summed E-state index contributed by atoms with van der Waals surface area (Å²) in [6, 6.07) is 4.46. The third-order valence-electron chi connectivity index (χ3n) is 2.47. The molecule has 2 rings (SSSR count). The minimum Gasteiger partial charge on any atom is -0.271 e. The molecule has 0 aliphatic rings. The third-order valence-corrected chi connectivity index (χ3v) is 3.71. The molecule has 1 aromatic heterocycles. The van der Waals surface area contributed by atoms with E-state index in [0.29, 0.717) is 17.0 Å². The van der Waals surface area contributed by atoms with Crippen molar-refractivity contribution in [2.75, 3.05) is 0 Å². The van der Waals surface area contributed by atoms with Crippen molar-refractivity contribution in [2.45, 2.75) is 12.5 Å². The lowest BCUT2D eigenvalue weighted by Gasteiger charge is -2.15. The van der Waals surface area contributed by atoms with Crippen molar-refractivity contribution in [1.82, 2.24) is 10.4 Å². The summed E-state index contributed by atoms with van der Waals surface area (Å²) in [5.74, 6) is 5.16. The molecule has 3 nitrogen and oxygen atoms in total. The Morgan fingerprint density at radius 2 is 2.35 bits per heavy atom. The monoisotopic (exact) mass is 271 g/mol. The predicted octanol–water partition coefficient (Wildman–Crippen LogP) is 2.68. The van der Waals surface area contributed by atoms with Gasteiger partial charge in [-0.3, -0.25) is 16.3 Å². The zero-order valence-electron chi connectivity index (χ0n) is 8.86. The number of thiazole rings is 1. The van der Waals surface area contributed by atoms with Crippen molar-refractivity contribution in [1.29, 1.82) is 0 Å². The maximum atomic E-state index is 13.6. The zero-order chi connectivity index (χ0) is 12.3. The van der Waals surface area contributed by atoms with Gasteiger partial charge in [0.1, 0.15) is 5.82 Å². The van der Waals surface area contributed by atoms with Gasteiger partial charge in [-0.15, -0.1) is 11.3 Å². The fourth-order valence-corrected chi connectivity index (χ4v) is 2.49. The number of nitrogens with zero attached hydrogens (tertiary/aromatic N) is 1. The standard InChI is InChI=1S/C11H11ClFN3S/c12-8-2-1-3-9(13)7(8)4-10(16-14)11-5-15-6-17-11/h1-3,5-6,10,16H,4,14H2. The molecule has 2 aromatic rings. The number of hydrazine groups is 1. The number of aromatic nitrogens is 1. The van der Waals surface area contributed by atoms with Gasteiger partial charge < -0.3 is 0 Å². The molecule has 0 fully saturated rings. The van der Waals surface area contributed by atoms with Crippen LogP contribution in [0, 0.1) is 5.82 Å². The fourth-order valence-electron chi connectivity index (χ4n) is 1.57. The Labute approximate surface area is 107 Å². The van der Waals surface area contributed by atoms with Crippen LogP contribution in [0.1, 0.15) is 16.5 Å². The first-order valence-corrected chi connectivity index (χ1v) is 6.25. The highest BCUT2D eigenvalue weighted by molar-refractivity contribution is 7.09. The molecule has 0 aliphatic carbocycles. The molecule has 90 valence electrons. The minimum absolute atomic E-state index is 0.183. The Bertz CT molecular complexity index is 469. The van der Waals surface area contributed by atoms with E-state index in [1.807, 2.05) is 0 Å². The van der Waals surface area contributed by atoms with Gasteiger partial charge in [0, 0.05) is 21.7 Å². The lowest BCUT2D eigenvalue weighted by molar-refractivity contribution is 0.535. The van der Waals surface area contributed by atoms with E-state index >= 15 is 0 Å². The van der Waals surface area contributed by atoms with Crippen molar-refractivity contribution >= 4 is 22.9 Å². The molecule has 0 bridgehead atoms. The summed E-state index contributed by atoms with van der Waals surface area (Å²) < 4.78 is 13.6. The third kappa shape index (κ3) is 2.81. The molecule has 0 saturated heterocycles. The molecule has 6 heteroatoms. The molecular formula is C11H11ClFN3S. The molecule has 1 aromatic carbocycles.